The third kappa shape index (κ3) is 4.62. The lowest BCUT2D eigenvalue weighted by Gasteiger charge is -2.16. The number of carboxylic acid groups (broad SMARTS) is 2. The number of ketones is 1. The van der Waals surface area contributed by atoms with E-state index in [-0.39, 0.29) is 11.7 Å². The van der Waals surface area contributed by atoms with Crippen LogP contribution in [0.3, 0.4) is 0 Å². The second-order valence-corrected chi connectivity index (χ2v) is 7.95. The largest absolute Gasteiger partial charge is 0.473 e. The van der Waals surface area contributed by atoms with Gasteiger partial charge >= 0.3 is 11.9 Å². The van der Waals surface area contributed by atoms with Crippen LogP contribution in [0.15, 0.2) is 42.7 Å². The van der Waals surface area contributed by atoms with Gasteiger partial charge in [0.05, 0.1) is 17.8 Å². The van der Waals surface area contributed by atoms with Crippen LogP contribution in [0.4, 0.5) is 5.69 Å². The van der Waals surface area contributed by atoms with Crippen LogP contribution in [0.1, 0.15) is 21.6 Å². The number of carbonyl (C=O) groups excluding carboxylic acids is 1. The van der Waals surface area contributed by atoms with Crippen LogP contribution in [0.2, 0.25) is 0 Å². The SMILES string of the molecule is Cc1ccc2[nH]c(C)c(C(=O)C3CSN(c4cccnc4)C3)c2c1.O=C(O)C(=O)O. The van der Waals surface area contributed by atoms with Crippen molar-refractivity contribution in [3.63, 3.8) is 0 Å². The van der Waals surface area contributed by atoms with Gasteiger partial charge in [0.25, 0.3) is 0 Å². The molecule has 0 spiro atoms. The molecule has 156 valence electrons. The van der Waals surface area contributed by atoms with Gasteiger partial charge in [-0.3, -0.25) is 9.78 Å². The number of rotatable bonds is 3. The van der Waals surface area contributed by atoms with Gasteiger partial charge in [-0.15, -0.1) is 0 Å². The fraction of sp³-hybridized carbons (Fsp3) is 0.238. The number of hydrogen-bond donors (Lipinski definition) is 3. The molecule has 3 N–H and O–H groups in total. The van der Waals surface area contributed by atoms with E-state index in [0.717, 1.165) is 40.1 Å². The lowest BCUT2D eigenvalue weighted by Crippen LogP contribution is -2.22. The van der Waals surface area contributed by atoms with E-state index in [4.69, 9.17) is 19.8 Å². The van der Waals surface area contributed by atoms with Gasteiger partial charge in [-0.25, -0.2) is 9.59 Å². The first kappa shape index (κ1) is 21.4. The number of pyridine rings is 1. The van der Waals surface area contributed by atoms with Crippen molar-refractivity contribution < 1.29 is 24.6 Å². The Labute approximate surface area is 177 Å². The van der Waals surface area contributed by atoms with Gasteiger partial charge in [-0.1, -0.05) is 11.6 Å². The van der Waals surface area contributed by atoms with Crippen molar-refractivity contribution in [2.45, 2.75) is 13.8 Å². The number of aromatic amines is 1. The van der Waals surface area contributed by atoms with E-state index < -0.39 is 11.9 Å². The third-order valence-corrected chi connectivity index (χ3v) is 5.92. The molecule has 9 heteroatoms. The van der Waals surface area contributed by atoms with Crippen LogP contribution in [0.5, 0.6) is 0 Å². The Bertz CT molecular complexity index is 1080. The van der Waals surface area contributed by atoms with Crippen molar-refractivity contribution in [1.29, 1.82) is 0 Å². The maximum Gasteiger partial charge on any atom is 0.414 e. The zero-order chi connectivity index (χ0) is 21.8. The van der Waals surface area contributed by atoms with Crippen LogP contribution >= 0.6 is 11.9 Å². The molecule has 4 rings (SSSR count). The normalized spacial score (nSPS) is 15.5. The van der Waals surface area contributed by atoms with Crippen molar-refractivity contribution in [2.24, 2.45) is 5.92 Å². The summed E-state index contributed by atoms with van der Waals surface area (Å²) in [6, 6.07) is 10.2. The number of Topliss-reactive ketones (excluding diaryl/α,β-unsaturated/α-hetero) is 1. The standard InChI is InChI=1S/C19H19N3OS.C2H2O4/c1-12-5-6-17-16(8-12)18(13(2)21-17)19(23)14-10-22(24-11-14)15-4-3-7-20-9-15;3-1(4)2(5)6/h3-9,14,21H,10-11H2,1-2H3;(H,3,4)(H,5,6). The zero-order valence-electron chi connectivity index (χ0n) is 16.5. The highest BCUT2D eigenvalue weighted by atomic mass is 32.2. The molecule has 3 heterocycles. The number of fused-ring (bicyclic) bond motifs is 1. The fourth-order valence-electron chi connectivity index (χ4n) is 3.29. The van der Waals surface area contributed by atoms with Gasteiger partial charge in [-0.2, -0.15) is 0 Å². The summed E-state index contributed by atoms with van der Waals surface area (Å²) in [4.78, 5) is 38.9. The second kappa shape index (κ2) is 9.00. The Morgan fingerprint density at radius 3 is 2.53 bits per heavy atom. The summed E-state index contributed by atoms with van der Waals surface area (Å²) in [5.74, 6) is -2.59. The molecule has 2 aromatic heterocycles. The predicted octanol–water partition coefficient (Wildman–Crippen LogP) is 3.30. The molecule has 3 aromatic rings. The summed E-state index contributed by atoms with van der Waals surface area (Å²) >= 11 is 1.71. The average molecular weight is 427 g/mol. The summed E-state index contributed by atoms with van der Waals surface area (Å²) in [6.45, 7) is 4.78. The van der Waals surface area contributed by atoms with Gasteiger partial charge in [0.2, 0.25) is 0 Å². The highest BCUT2D eigenvalue weighted by Gasteiger charge is 2.32. The predicted molar refractivity (Wildman–Crippen MR) is 115 cm³/mol. The van der Waals surface area contributed by atoms with Crippen molar-refractivity contribution in [1.82, 2.24) is 9.97 Å². The number of aliphatic carboxylic acids is 2. The molecule has 1 saturated heterocycles. The number of nitrogens with zero attached hydrogens (tertiary/aromatic N) is 2. The smallest absolute Gasteiger partial charge is 0.414 e. The molecule has 1 aromatic carbocycles. The van der Waals surface area contributed by atoms with Gasteiger partial charge in [0.15, 0.2) is 5.78 Å². The van der Waals surface area contributed by atoms with Gasteiger partial charge in [0, 0.05) is 40.7 Å². The number of nitrogens with one attached hydrogen (secondary N) is 1. The number of hydrogen-bond acceptors (Lipinski definition) is 6. The molecular weight excluding hydrogens is 406 g/mol. The van der Waals surface area contributed by atoms with Crippen molar-refractivity contribution >= 4 is 46.3 Å². The molecule has 1 fully saturated rings. The minimum absolute atomic E-state index is 0.00779. The zero-order valence-corrected chi connectivity index (χ0v) is 17.3. The third-order valence-electron chi connectivity index (χ3n) is 4.69. The number of aromatic nitrogens is 2. The average Bonchev–Trinajstić information content (AvgIpc) is 3.33. The Morgan fingerprint density at radius 1 is 1.17 bits per heavy atom. The Hall–Kier alpha value is -3.33. The molecule has 0 amide bonds. The summed E-state index contributed by atoms with van der Waals surface area (Å²) in [7, 11) is 0. The highest BCUT2D eigenvalue weighted by Crippen LogP contribution is 2.34. The molecule has 0 bridgehead atoms. The Morgan fingerprint density at radius 2 is 1.90 bits per heavy atom. The first-order chi connectivity index (χ1) is 14.3. The van der Waals surface area contributed by atoms with E-state index >= 15 is 0 Å². The molecule has 1 unspecified atom stereocenters. The van der Waals surface area contributed by atoms with E-state index in [9.17, 15) is 4.79 Å². The van der Waals surface area contributed by atoms with Crippen LogP contribution in [-0.4, -0.2) is 50.2 Å². The molecule has 1 atom stereocenters. The summed E-state index contributed by atoms with van der Waals surface area (Å²) in [5, 5.41) is 15.8. The first-order valence-electron chi connectivity index (χ1n) is 9.17. The molecule has 0 radical (unpaired) electrons. The van der Waals surface area contributed by atoms with E-state index in [0.29, 0.717) is 0 Å². The topological polar surface area (TPSA) is 124 Å². The van der Waals surface area contributed by atoms with E-state index in [1.54, 1.807) is 18.1 Å². The maximum atomic E-state index is 13.2. The lowest BCUT2D eigenvalue weighted by atomic mass is 9.96. The molecule has 1 aliphatic heterocycles. The number of aryl methyl sites for hydroxylation is 2. The molecule has 0 aliphatic carbocycles. The van der Waals surface area contributed by atoms with Gasteiger partial charge < -0.3 is 19.5 Å². The second-order valence-electron chi connectivity index (χ2n) is 6.91. The Kier molecular flexibility index (Phi) is 6.41. The number of carbonyl (C=O) groups is 3. The Balaban J connectivity index is 0.000000377. The van der Waals surface area contributed by atoms with Crippen molar-refractivity contribution in [2.75, 3.05) is 16.6 Å². The maximum absolute atomic E-state index is 13.2. The summed E-state index contributed by atoms with van der Waals surface area (Å²) in [5.41, 5.74) is 5.09. The van der Waals surface area contributed by atoms with E-state index in [2.05, 4.69) is 39.4 Å². The lowest BCUT2D eigenvalue weighted by molar-refractivity contribution is -0.159. The van der Waals surface area contributed by atoms with Gasteiger partial charge in [-0.05, 0) is 50.1 Å². The first-order valence-corrected chi connectivity index (χ1v) is 10.1. The summed E-state index contributed by atoms with van der Waals surface area (Å²) in [6.07, 6.45) is 3.62. The molecule has 0 saturated carbocycles. The number of H-pyrrole nitrogens is 1. The molecule has 8 nitrogen and oxygen atoms in total. The number of carboxylic acids is 2. The highest BCUT2D eigenvalue weighted by molar-refractivity contribution is 8.00. The molecule has 1 aliphatic rings. The monoisotopic (exact) mass is 427 g/mol. The number of benzene rings is 1. The van der Waals surface area contributed by atoms with Crippen molar-refractivity contribution in [3.8, 4) is 0 Å². The van der Waals surface area contributed by atoms with Gasteiger partial charge in [0.1, 0.15) is 0 Å². The number of anilines is 1. The van der Waals surface area contributed by atoms with Crippen LogP contribution in [0.25, 0.3) is 10.9 Å². The quantitative estimate of drug-likeness (QED) is 0.330. The van der Waals surface area contributed by atoms with Crippen LogP contribution < -0.4 is 4.31 Å². The summed E-state index contributed by atoms with van der Waals surface area (Å²) < 4.78 is 2.17. The fourth-order valence-corrected chi connectivity index (χ4v) is 4.45. The van der Waals surface area contributed by atoms with Crippen LogP contribution in [0, 0.1) is 19.8 Å². The molecular formula is C21H21N3O5S. The van der Waals surface area contributed by atoms with E-state index in [1.165, 1.54) is 5.56 Å². The van der Waals surface area contributed by atoms with E-state index in [1.807, 2.05) is 25.3 Å². The minimum Gasteiger partial charge on any atom is -0.473 e. The minimum atomic E-state index is -1.82. The van der Waals surface area contributed by atoms with Crippen LogP contribution in [-0.2, 0) is 9.59 Å². The van der Waals surface area contributed by atoms with Crippen molar-refractivity contribution in [3.05, 3.63) is 59.5 Å². The molecule has 30 heavy (non-hydrogen) atoms.